The number of rotatable bonds is 13. The van der Waals surface area contributed by atoms with Gasteiger partial charge in [-0.15, -0.1) is 0 Å². The highest BCUT2D eigenvalue weighted by Crippen LogP contribution is 2.31. The summed E-state index contributed by atoms with van der Waals surface area (Å²) in [6, 6.07) is 20.2. The molecule has 2 heterocycles. The molecule has 0 atom stereocenters. The second-order valence-electron chi connectivity index (χ2n) is 15.5. The smallest absolute Gasteiger partial charge is 0.317 e. The number of benzene rings is 4. The molecule has 4 aromatic rings. The quantitative estimate of drug-likeness (QED) is 0.0502. The van der Waals surface area contributed by atoms with E-state index in [2.05, 4.69) is 26.2 Å². The summed E-state index contributed by atoms with van der Waals surface area (Å²) < 4.78 is 0. The zero-order valence-electron chi connectivity index (χ0n) is 37.0. The van der Waals surface area contributed by atoms with E-state index in [0.717, 1.165) is 29.8 Å². The minimum atomic E-state index is -0.480. The highest BCUT2D eigenvalue weighted by Gasteiger charge is 2.26. The molecule has 0 aromatic heterocycles. The number of carbonyl (C=O) groups is 4. The lowest BCUT2D eigenvalue weighted by Crippen LogP contribution is -2.42. The first-order chi connectivity index (χ1) is 31.7. The number of nitrogens with two attached hydrogens (primary N) is 1. The molecule has 2 aliphatic rings. The number of nitrogen functional groups attached to an aromatic ring is 1. The molecule has 6 N–H and O–H groups in total. The predicted octanol–water partition coefficient (Wildman–Crippen LogP) is 7.91. The number of halogens is 4. The molecule has 0 bridgehead atoms. The number of amides is 6. The van der Waals surface area contributed by atoms with Gasteiger partial charge in [0.15, 0.2) is 0 Å². The van der Waals surface area contributed by atoms with Crippen molar-refractivity contribution in [1.82, 2.24) is 31.1 Å². The number of nitro groups is 1. The van der Waals surface area contributed by atoms with Crippen molar-refractivity contribution in [1.29, 1.82) is 0 Å². The maximum Gasteiger partial charge on any atom is 0.317 e. The Morgan fingerprint density at radius 1 is 0.591 bits per heavy atom. The monoisotopic (exact) mass is 984 g/mol. The van der Waals surface area contributed by atoms with Crippen LogP contribution in [0.4, 0.5) is 32.3 Å². The van der Waals surface area contributed by atoms with Crippen molar-refractivity contribution in [3.63, 3.8) is 0 Å². The standard InChI is InChI=1S/C23H27Cl2N5O4.C23H29Cl2N5O2/c1-2-26-23(32)29-11-3-10-28(12-13-29)20-7-5-17(14-21(20)30(33)34)22(31)27-9-8-16-4-6-18(24)15-19(16)25;1-2-27-23(32)30-11-3-10-29(12-13-30)21-7-5-17(14-20(21)26)22(31)28-9-8-16-4-6-18(24)15-19(16)25/h4-7,14-15H,2-3,8-13H2,1H3,(H,26,32)(H,27,31);4-7,14-15H,2-3,8-13,26H2,1H3,(H,27,32)(H,28,31). The topological polar surface area (TPSA) is 199 Å². The van der Waals surface area contributed by atoms with Crippen LogP contribution in [0.25, 0.3) is 0 Å². The molecule has 0 saturated carbocycles. The molecule has 0 radical (unpaired) electrons. The summed E-state index contributed by atoms with van der Waals surface area (Å²) in [6.07, 6.45) is 2.64. The number of nitrogens with zero attached hydrogens (tertiary/aromatic N) is 5. The number of hydrogen-bond donors (Lipinski definition) is 5. The van der Waals surface area contributed by atoms with E-state index in [1.807, 2.05) is 35.8 Å². The Kier molecular flexibility index (Phi) is 19.7. The van der Waals surface area contributed by atoms with E-state index in [1.165, 1.54) is 6.07 Å². The SMILES string of the molecule is CCNC(=O)N1CCCN(c2ccc(C(=O)NCCc3ccc(Cl)cc3Cl)cc2N)CC1.CCNC(=O)N1CCCN(c2ccc(C(=O)NCCc3ccc(Cl)cc3Cl)cc2[N+](=O)[O-])CC1. The molecule has 4 aromatic carbocycles. The van der Waals surface area contributed by atoms with Crippen LogP contribution >= 0.6 is 46.4 Å². The van der Waals surface area contributed by atoms with Gasteiger partial charge in [-0.2, -0.15) is 0 Å². The normalized spacial score (nSPS) is 14.0. The first-order valence-corrected chi connectivity index (χ1v) is 23.4. The number of anilines is 3. The van der Waals surface area contributed by atoms with Crippen LogP contribution in [0.2, 0.25) is 20.1 Å². The second-order valence-corrected chi connectivity index (χ2v) is 17.2. The summed E-state index contributed by atoms with van der Waals surface area (Å²) in [7, 11) is 0. The number of carbonyl (C=O) groups excluding carboxylic acids is 4. The largest absolute Gasteiger partial charge is 0.397 e. The zero-order chi connectivity index (χ0) is 47.8. The fourth-order valence-corrected chi connectivity index (χ4v) is 8.59. The molecule has 20 heteroatoms. The van der Waals surface area contributed by atoms with Crippen LogP contribution in [0, 0.1) is 10.1 Å². The summed E-state index contributed by atoms with van der Waals surface area (Å²) in [5, 5.41) is 25.3. The van der Waals surface area contributed by atoms with Gasteiger partial charge in [0.05, 0.1) is 16.3 Å². The molecule has 6 rings (SSSR count). The summed E-state index contributed by atoms with van der Waals surface area (Å²) >= 11 is 24.2. The van der Waals surface area contributed by atoms with Gasteiger partial charge in [0, 0.05) is 116 Å². The van der Waals surface area contributed by atoms with Gasteiger partial charge < -0.3 is 46.6 Å². The van der Waals surface area contributed by atoms with Gasteiger partial charge >= 0.3 is 12.1 Å². The minimum absolute atomic E-state index is 0.0331. The Balaban J connectivity index is 0.000000248. The molecule has 0 spiro atoms. The summed E-state index contributed by atoms with van der Waals surface area (Å²) in [5.41, 5.74) is 10.5. The van der Waals surface area contributed by atoms with Gasteiger partial charge in [0.2, 0.25) is 0 Å². The Morgan fingerprint density at radius 2 is 1.05 bits per heavy atom. The van der Waals surface area contributed by atoms with Crippen molar-refractivity contribution < 1.29 is 24.1 Å². The van der Waals surface area contributed by atoms with E-state index in [4.69, 9.17) is 52.1 Å². The molecule has 2 aliphatic heterocycles. The van der Waals surface area contributed by atoms with Gasteiger partial charge in [-0.05, 0) is 105 Å². The van der Waals surface area contributed by atoms with Crippen LogP contribution in [0.15, 0.2) is 72.8 Å². The summed E-state index contributed by atoms with van der Waals surface area (Å²) in [5.74, 6) is -0.593. The van der Waals surface area contributed by atoms with Gasteiger partial charge in [-0.3, -0.25) is 19.7 Å². The number of nitrogens with one attached hydrogen (secondary N) is 4. The average molecular weight is 987 g/mol. The van der Waals surface area contributed by atoms with Crippen molar-refractivity contribution in [3.8, 4) is 0 Å². The van der Waals surface area contributed by atoms with Gasteiger partial charge in [0.25, 0.3) is 17.5 Å². The maximum atomic E-state index is 12.6. The Morgan fingerprint density at radius 3 is 1.48 bits per heavy atom. The fraction of sp³-hybridized carbons (Fsp3) is 0.391. The Labute approximate surface area is 405 Å². The maximum absolute atomic E-state index is 12.6. The van der Waals surface area contributed by atoms with E-state index < -0.39 is 10.8 Å². The minimum Gasteiger partial charge on any atom is -0.397 e. The fourth-order valence-electron chi connectivity index (χ4n) is 7.59. The zero-order valence-corrected chi connectivity index (χ0v) is 40.0. The lowest BCUT2D eigenvalue weighted by Gasteiger charge is -2.25. The molecule has 2 fully saturated rings. The highest BCUT2D eigenvalue weighted by atomic mass is 35.5. The molecular formula is C46H56Cl4N10O6. The van der Waals surface area contributed by atoms with Crippen LogP contribution in [0.5, 0.6) is 0 Å². The van der Waals surface area contributed by atoms with Crippen molar-refractivity contribution in [2.24, 2.45) is 0 Å². The molecule has 0 aliphatic carbocycles. The van der Waals surface area contributed by atoms with E-state index in [1.54, 1.807) is 59.5 Å². The van der Waals surface area contributed by atoms with Crippen molar-refractivity contribution in [3.05, 3.63) is 125 Å². The van der Waals surface area contributed by atoms with E-state index in [0.29, 0.717) is 128 Å². The van der Waals surface area contributed by atoms with Gasteiger partial charge in [0.1, 0.15) is 5.69 Å². The van der Waals surface area contributed by atoms with E-state index in [9.17, 15) is 29.3 Å². The van der Waals surface area contributed by atoms with Crippen molar-refractivity contribution in [2.45, 2.75) is 39.5 Å². The molecule has 354 valence electrons. The number of nitro benzene ring substituents is 1. The first kappa shape index (κ1) is 51.3. The first-order valence-electron chi connectivity index (χ1n) is 21.9. The lowest BCUT2D eigenvalue weighted by molar-refractivity contribution is -0.384. The lowest BCUT2D eigenvalue weighted by atomic mass is 10.1. The van der Waals surface area contributed by atoms with Crippen LogP contribution in [-0.4, -0.2) is 117 Å². The summed E-state index contributed by atoms with van der Waals surface area (Å²) in [6.45, 7) is 10.6. The molecule has 16 nitrogen and oxygen atoms in total. The number of urea groups is 2. The Hall–Kier alpha value is -5.68. The van der Waals surface area contributed by atoms with Gasteiger partial charge in [-0.25, -0.2) is 9.59 Å². The number of hydrogen-bond acceptors (Lipinski definition) is 9. The van der Waals surface area contributed by atoms with Crippen LogP contribution in [0.3, 0.4) is 0 Å². The Bertz CT molecular complexity index is 2360. The second kappa shape index (κ2) is 25.3. The summed E-state index contributed by atoms with van der Waals surface area (Å²) in [4.78, 5) is 68.3. The molecule has 6 amide bonds. The van der Waals surface area contributed by atoms with Crippen LogP contribution < -0.4 is 36.8 Å². The van der Waals surface area contributed by atoms with E-state index >= 15 is 0 Å². The van der Waals surface area contributed by atoms with Crippen molar-refractivity contribution in [2.75, 3.05) is 94.1 Å². The third-order valence-electron chi connectivity index (χ3n) is 11.0. The van der Waals surface area contributed by atoms with Crippen LogP contribution in [-0.2, 0) is 12.8 Å². The molecule has 0 unspecified atom stereocenters. The highest BCUT2D eigenvalue weighted by molar-refractivity contribution is 6.35. The third kappa shape index (κ3) is 14.7. The average Bonchev–Trinajstić information content (AvgIpc) is 3.70. The van der Waals surface area contributed by atoms with Crippen LogP contribution in [0.1, 0.15) is 58.5 Å². The molecule has 66 heavy (non-hydrogen) atoms. The third-order valence-corrected chi connectivity index (χ3v) is 12.2. The van der Waals surface area contributed by atoms with Crippen molar-refractivity contribution >= 4 is 93.0 Å². The predicted molar refractivity (Wildman–Crippen MR) is 264 cm³/mol. The molecule has 2 saturated heterocycles. The van der Waals surface area contributed by atoms with E-state index in [-0.39, 0.29) is 29.2 Å². The molecular weight excluding hydrogens is 930 g/mol. The van der Waals surface area contributed by atoms with Gasteiger partial charge in [-0.1, -0.05) is 58.5 Å².